The van der Waals surface area contributed by atoms with E-state index in [4.69, 9.17) is 0 Å². The lowest BCUT2D eigenvalue weighted by Gasteiger charge is -2.21. The van der Waals surface area contributed by atoms with Crippen LogP contribution in [0.4, 0.5) is 0 Å². The minimum atomic E-state index is 0.442. The summed E-state index contributed by atoms with van der Waals surface area (Å²) in [7, 11) is 0. The topological polar surface area (TPSA) is 12.9 Å². The fourth-order valence-corrected chi connectivity index (χ4v) is 2.62. The number of hydrogen-bond acceptors (Lipinski definition) is 2. The first-order valence-corrected chi connectivity index (χ1v) is 6.77. The molecule has 2 heteroatoms. The maximum Gasteiger partial charge on any atom is 0.0938 e. The van der Waals surface area contributed by atoms with Gasteiger partial charge < -0.3 is 0 Å². The van der Waals surface area contributed by atoms with Crippen LogP contribution in [0.2, 0.25) is 0 Å². The van der Waals surface area contributed by atoms with Gasteiger partial charge in [-0.05, 0) is 30.4 Å². The number of nitrogens with zero attached hydrogens (tertiary/aromatic N) is 1. The summed E-state index contributed by atoms with van der Waals surface area (Å²) in [6.07, 6.45) is 3.57. The van der Waals surface area contributed by atoms with E-state index in [1.165, 1.54) is 22.5 Å². The molecule has 0 aliphatic carbocycles. The van der Waals surface area contributed by atoms with E-state index in [2.05, 4.69) is 50.0 Å². The van der Waals surface area contributed by atoms with Crippen LogP contribution in [0.1, 0.15) is 38.6 Å². The quantitative estimate of drug-likeness (QED) is 0.748. The molecule has 0 saturated heterocycles. The first-order valence-electron chi connectivity index (χ1n) is 5.95. The molecule has 0 aliphatic heterocycles. The van der Waals surface area contributed by atoms with Gasteiger partial charge in [-0.15, -0.1) is 11.3 Å². The molecule has 2 aromatic rings. The maximum atomic E-state index is 4.67. The molecule has 1 aromatic carbocycles. The van der Waals surface area contributed by atoms with Gasteiger partial charge in [0.2, 0.25) is 0 Å². The Morgan fingerprint density at radius 1 is 1.25 bits per heavy atom. The minimum absolute atomic E-state index is 0.442. The number of rotatable bonds is 4. The molecule has 0 N–H and O–H groups in total. The molecule has 2 rings (SSSR count). The molecule has 1 heterocycles. The van der Waals surface area contributed by atoms with Crippen LogP contribution in [-0.2, 0) is 6.42 Å². The summed E-state index contributed by atoms with van der Waals surface area (Å²) in [5, 5.41) is 1.28. The third-order valence-electron chi connectivity index (χ3n) is 3.31. The van der Waals surface area contributed by atoms with Crippen molar-refractivity contribution in [1.29, 1.82) is 0 Å². The van der Waals surface area contributed by atoms with Crippen molar-refractivity contribution in [3.8, 4) is 0 Å². The van der Waals surface area contributed by atoms with E-state index in [-0.39, 0.29) is 0 Å². The summed E-state index contributed by atoms with van der Waals surface area (Å²) in [5.41, 5.74) is 1.59. The zero-order valence-electron chi connectivity index (χ0n) is 10.3. The van der Waals surface area contributed by atoms with E-state index < -0.39 is 0 Å². The van der Waals surface area contributed by atoms with Gasteiger partial charge >= 0.3 is 0 Å². The number of thiazole rings is 1. The van der Waals surface area contributed by atoms with Crippen molar-refractivity contribution in [1.82, 2.24) is 4.98 Å². The van der Waals surface area contributed by atoms with Crippen molar-refractivity contribution in [3.63, 3.8) is 0 Å². The summed E-state index contributed by atoms with van der Waals surface area (Å²) < 4.78 is 1.31. The minimum Gasteiger partial charge on any atom is -0.241 e. The van der Waals surface area contributed by atoms with Crippen molar-refractivity contribution >= 4 is 21.6 Å². The van der Waals surface area contributed by atoms with Crippen LogP contribution in [0.15, 0.2) is 24.3 Å². The van der Waals surface area contributed by atoms with Crippen LogP contribution in [0.3, 0.4) is 0 Å². The molecule has 0 saturated carbocycles. The van der Waals surface area contributed by atoms with E-state index in [1.807, 2.05) is 11.3 Å². The van der Waals surface area contributed by atoms with Gasteiger partial charge in [0.25, 0.3) is 0 Å². The second kappa shape index (κ2) is 4.54. The summed E-state index contributed by atoms with van der Waals surface area (Å²) in [5.74, 6) is 0. The molecule has 0 aliphatic rings. The lowest BCUT2D eigenvalue weighted by atomic mass is 9.85. The fourth-order valence-electron chi connectivity index (χ4n) is 1.65. The normalized spacial score (nSPS) is 12.2. The van der Waals surface area contributed by atoms with Gasteiger partial charge in [0.05, 0.1) is 15.2 Å². The zero-order chi connectivity index (χ0) is 11.6. The second-order valence-electron chi connectivity index (χ2n) is 5.09. The Morgan fingerprint density at radius 2 is 2.00 bits per heavy atom. The van der Waals surface area contributed by atoms with Gasteiger partial charge in [-0.1, -0.05) is 39.3 Å². The molecule has 0 spiro atoms. The molecular weight excluding hydrogens is 214 g/mol. The third-order valence-corrected chi connectivity index (χ3v) is 4.41. The highest BCUT2D eigenvalue weighted by molar-refractivity contribution is 7.18. The van der Waals surface area contributed by atoms with Crippen molar-refractivity contribution in [2.24, 2.45) is 5.41 Å². The Kier molecular flexibility index (Phi) is 3.29. The zero-order valence-corrected chi connectivity index (χ0v) is 11.1. The molecule has 0 amide bonds. The fraction of sp³-hybridized carbons (Fsp3) is 0.500. The monoisotopic (exact) mass is 233 g/mol. The number of benzene rings is 1. The number of aromatic nitrogens is 1. The molecule has 0 unspecified atom stereocenters. The second-order valence-corrected chi connectivity index (χ2v) is 6.21. The first-order chi connectivity index (χ1) is 7.61. The standard InChI is InChI=1S/C14H19NS/c1-4-14(2,3)10-9-13-15-11-7-5-6-8-12(11)16-13/h5-8H,4,9-10H2,1-3H3. The number of hydrogen-bond donors (Lipinski definition) is 0. The van der Waals surface area contributed by atoms with Gasteiger partial charge in [0, 0.05) is 0 Å². The van der Waals surface area contributed by atoms with E-state index in [1.54, 1.807) is 0 Å². The van der Waals surface area contributed by atoms with Gasteiger partial charge in [0.15, 0.2) is 0 Å². The Labute approximate surface area is 102 Å². The lowest BCUT2D eigenvalue weighted by molar-refractivity contribution is 0.322. The summed E-state index contributed by atoms with van der Waals surface area (Å²) in [6, 6.07) is 8.39. The van der Waals surface area contributed by atoms with Crippen LogP contribution < -0.4 is 0 Å². The SMILES string of the molecule is CCC(C)(C)CCc1nc2ccccc2s1. The molecule has 1 aromatic heterocycles. The largest absolute Gasteiger partial charge is 0.241 e. The average molecular weight is 233 g/mol. The molecule has 16 heavy (non-hydrogen) atoms. The van der Waals surface area contributed by atoms with Crippen molar-refractivity contribution in [2.75, 3.05) is 0 Å². The molecule has 0 radical (unpaired) electrons. The Hall–Kier alpha value is -0.890. The van der Waals surface area contributed by atoms with E-state index in [9.17, 15) is 0 Å². The Balaban J connectivity index is 2.10. The summed E-state index contributed by atoms with van der Waals surface area (Å²) in [6.45, 7) is 6.93. The number of fused-ring (bicyclic) bond motifs is 1. The van der Waals surface area contributed by atoms with Gasteiger partial charge in [-0.2, -0.15) is 0 Å². The van der Waals surface area contributed by atoms with Gasteiger partial charge in [-0.25, -0.2) is 4.98 Å². The lowest BCUT2D eigenvalue weighted by Crippen LogP contribution is -2.10. The average Bonchev–Trinajstić information content (AvgIpc) is 2.69. The van der Waals surface area contributed by atoms with Crippen LogP contribution in [0.25, 0.3) is 10.2 Å². The van der Waals surface area contributed by atoms with Gasteiger partial charge in [0.1, 0.15) is 0 Å². The molecule has 1 nitrogen and oxygen atoms in total. The van der Waals surface area contributed by atoms with Crippen LogP contribution in [0, 0.1) is 5.41 Å². The smallest absolute Gasteiger partial charge is 0.0938 e. The first kappa shape index (κ1) is 11.6. The predicted molar refractivity (Wildman–Crippen MR) is 72.0 cm³/mol. The highest BCUT2D eigenvalue weighted by atomic mass is 32.1. The van der Waals surface area contributed by atoms with E-state index in [0.29, 0.717) is 5.41 Å². The molecule has 0 atom stereocenters. The van der Waals surface area contributed by atoms with Crippen molar-refractivity contribution in [2.45, 2.75) is 40.0 Å². The van der Waals surface area contributed by atoms with Crippen LogP contribution >= 0.6 is 11.3 Å². The highest BCUT2D eigenvalue weighted by Gasteiger charge is 2.15. The Morgan fingerprint density at radius 3 is 2.69 bits per heavy atom. The van der Waals surface area contributed by atoms with Gasteiger partial charge in [-0.3, -0.25) is 0 Å². The van der Waals surface area contributed by atoms with Crippen LogP contribution in [-0.4, -0.2) is 4.98 Å². The highest BCUT2D eigenvalue weighted by Crippen LogP contribution is 2.29. The van der Waals surface area contributed by atoms with Crippen LogP contribution in [0.5, 0.6) is 0 Å². The third kappa shape index (κ3) is 2.62. The van der Waals surface area contributed by atoms with Crippen molar-refractivity contribution in [3.05, 3.63) is 29.3 Å². The van der Waals surface area contributed by atoms with E-state index >= 15 is 0 Å². The summed E-state index contributed by atoms with van der Waals surface area (Å²) in [4.78, 5) is 4.67. The number of aryl methyl sites for hydroxylation is 1. The van der Waals surface area contributed by atoms with Crippen molar-refractivity contribution < 1.29 is 0 Å². The summed E-state index contributed by atoms with van der Waals surface area (Å²) >= 11 is 1.84. The van der Waals surface area contributed by atoms with E-state index in [0.717, 1.165) is 11.9 Å². The molecule has 0 bridgehead atoms. The maximum absolute atomic E-state index is 4.67. The molecule has 86 valence electrons. The molecule has 0 fully saturated rings. The number of para-hydroxylation sites is 1. The predicted octanol–water partition coefficient (Wildman–Crippen LogP) is 4.67. The Bertz CT molecular complexity index is 437. The molecular formula is C14H19NS.